The fraction of sp³-hybridized carbons (Fsp3) is 0.941. The summed E-state index contributed by atoms with van der Waals surface area (Å²) >= 11 is 0. The molecule has 20 heavy (non-hydrogen) atoms. The topological polar surface area (TPSA) is 38.3 Å². The van der Waals surface area contributed by atoms with Crippen LogP contribution in [0.5, 0.6) is 0 Å². The van der Waals surface area contributed by atoms with Crippen LogP contribution in [0.25, 0.3) is 0 Å². The number of carbonyl (C=O) groups excluding carboxylic acids is 1. The Kier molecular flexibility index (Phi) is 4.07. The Bertz CT molecular complexity index is 338. The lowest BCUT2D eigenvalue weighted by atomic mass is 9.48. The van der Waals surface area contributed by atoms with E-state index in [4.69, 9.17) is 4.74 Å². The zero-order valence-corrected chi connectivity index (χ0v) is 13.0. The van der Waals surface area contributed by atoms with Crippen LogP contribution in [-0.2, 0) is 9.53 Å². The van der Waals surface area contributed by atoms with Crippen molar-refractivity contribution in [2.45, 2.75) is 64.3 Å². The molecule has 3 heteroatoms. The zero-order valence-electron chi connectivity index (χ0n) is 13.0. The minimum absolute atomic E-state index is 0.00331. The second-order valence-corrected chi connectivity index (χ2v) is 7.25. The number of ether oxygens (including phenoxy) is 1. The molecule has 0 aromatic heterocycles. The van der Waals surface area contributed by atoms with Gasteiger partial charge in [0.1, 0.15) is 0 Å². The molecular formula is C17H29NO2. The summed E-state index contributed by atoms with van der Waals surface area (Å²) in [6.45, 7) is 5.65. The molecule has 114 valence electrons. The Hall–Kier alpha value is -0.570. The van der Waals surface area contributed by atoms with Gasteiger partial charge in [0, 0.05) is 5.54 Å². The molecule has 3 nitrogen and oxygen atoms in total. The molecule has 0 heterocycles. The van der Waals surface area contributed by atoms with E-state index in [9.17, 15) is 4.79 Å². The molecule has 0 atom stereocenters. The van der Waals surface area contributed by atoms with Gasteiger partial charge < -0.3 is 10.1 Å². The van der Waals surface area contributed by atoms with Crippen molar-refractivity contribution < 1.29 is 9.53 Å². The predicted octanol–water partition coefficient (Wildman–Crippen LogP) is 3.13. The van der Waals surface area contributed by atoms with Crippen LogP contribution in [0.2, 0.25) is 0 Å². The standard InChI is InChI=1S/C17H29NO2/c1-3-5-18-17(11-16(19)20-4-2)14-7-12-6-13(9-14)10-15(17)8-12/h12-15,18H,3-11H2,1-2H3. The van der Waals surface area contributed by atoms with Gasteiger partial charge in [-0.25, -0.2) is 0 Å². The van der Waals surface area contributed by atoms with Gasteiger partial charge in [-0.05, 0) is 75.7 Å². The fourth-order valence-corrected chi connectivity index (χ4v) is 5.47. The molecule has 0 unspecified atom stereocenters. The smallest absolute Gasteiger partial charge is 0.307 e. The van der Waals surface area contributed by atoms with E-state index < -0.39 is 0 Å². The summed E-state index contributed by atoms with van der Waals surface area (Å²) in [4.78, 5) is 12.1. The normalized spacial score (nSPS) is 41.9. The molecule has 0 aliphatic heterocycles. The van der Waals surface area contributed by atoms with Crippen molar-refractivity contribution in [2.24, 2.45) is 23.7 Å². The highest BCUT2D eigenvalue weighted by Crippen LogP contribution is 2.59. The molecule has 4 aliphatic rings. The Morgan fingerprint density at radius 1 is 1.10 bits per heavy atom. The lowest BCUT2D eigenvalue weighted by Crippen LogP contribution is -2.65. The molecule has 1 N–H and O–H groups in total. The maximum absolute atomic E-state index is 12.1. The molecule has 4 rings (SSSR count). The van der Waals surface area contributed by atoms with Gasteiger partial charge in [0.2, 0.25) is 0 Å². The van der Waals surface area contributed by atoms with Crippen LogP contribution in [0, 0.1) is 23.7 Å². The van der Waals surface area contributed by atoms with Gasteiger partial charge in [-0.3, -0.25) is 4.79 Å². The van der Waals surface area contributed by atoms with E-state index in [1.54, 1.807) is 0 Å². The van der Waals surface area contributed by atoms with Crippen molar-refractivity contribution in [3.05, 3.63) is 0 Å². The fourth-order valence-electron chi connectivity index (χ4n) is 5.47. The highest BCUT2D eigenvalue weighted by molar-refractivity contribution is 5.71. The van der Waals surface area contributed by atoms with Gasteiger partial charge in [-0.2, -0.15) is 0 Å². The monoisotopic (exact) mass is 279 g/mol. The van der Waals surface area contributed by atoms with Crippen molar-refractivity contribution >= 4 is 5.97 Å². The number of esters is 1. The molecule has 0 aromatic rings. The zero-order chi connectivity index (χ0) is 14.2. The van der Waals surface area contributed by atoms with E-state index in [1.165, 1.54) is 32.1 Å². The van der Waals surface area contributed by atoms with Crippen LogP contribution in [-0.4, -0.2) is 24.7 Å². The first-order chi connectivity index (χ1) is 9.68. The van der Waals surface area contributed by atoms with E-state index in [0.29, 0.717) is 24.9 Å². The maximum Gasteiger partial charge on any atom is 0.307 e. The van der Waals surface area contributed by atoms with Crippen molar-refractivity contribution in [3.8, 4) is 0 Å². The number of hydrogen-bond acceptors (Lipinski definition) is 3. The van der Waals surface area contributed by atoms with Gasteiger partial charge in [0.15, 0.2) is 0 Å². The van der Waals surface area contributed by atoms with Crippen molar-refractivity contribution in [2.75, 3.05) is 13.2 Å². The van der Waals surface area contributed by atoms with Gasteiger partial charge in [-0.1, -0.05) is 6.92 Å². The number of carbonyl (C=O) groups is 1. The van der Waals surface area contributed by atoms with Gasteiger partial charge in [-0.15, -0.1) is 0 Å². The molecule has 4 fully saturated rings. The van der Waals surface area contributed by atoms with E-state index in [1.807, 2.05) is 6.92 Å². The van der Waals surface area contributed by atoms with Crippen molar-refractivity contribution in [1.82, 2.24) is 5.32 Å². The van der Waals surface area contributed by atoms with E-state index in [2.05, 4.69) is 12.2 Å². The third kappa shape index (κ3) is 2.38. The van der Waals surface area contributed by atoms with E-state index in [0.717, 1.165) is 24.8 Å². The predicted molar refractivity (Wildman–Crippen MR) is 79.3 cm³/mol. The Morgan fingerprint density at radius 3 is 2.20 bits per heavy atom. The van der Waals surface area contributed by atoms with Crippen molar-refractivity contribution in [3.63, 3.8) is 0 Å². The lowest BCUT2D eigenvalue weighted by molar-refractivity contribution is -0.152. The first-order valence-electron chi connectivity index (χ1n) is 8.58. The van der Waals surface area contributed by atoms with Crippen LogP contribution in [0.3, 0.4) is 0 Å². The highest BCUT2D eigenvalue weighted by atomic mass is 16.5. The molecular weight excluding hydrogens is 250 g/mol. The molecule has 0 saturated heterocycles. The summed E-state index contributed by atoms with van der Waals surface area (Å²) in [5, 5.41) is 3.82. The van der Waals surface area contributed by atoms with Gasteiger partial charge in [0.25, 0.3) is 0 Å². The summed E-state index contributed by atoms with van der Waals surface area (Å²) in [7, 11) is 0. The average molecular weight is 279 g/mol. The highest BCUT2D eigenvalue weighted by Gasteiger charge is 2.57. The summed E-state index contributed by atoms with van der Waals surface area (Å²) < 4.78 is 5.27. The minimum atomic E-state index is 0.00331. The second kappa shape index (κ2) is 5.67. The second-order valence-electron chi connectivity index (χ2n) is 7.25. The SMILES string of the molecule is CCCNC1(CC(=O)OCC)C2CC3CC(C2)CC1C3. The maximum atomic E-state index is 12.1. The summed E-state index contributed by atoms with van der Waals surface area (Å²) in [5.41, 5.74) is 0.0513. The molecule has 4 bridgehead atoms. The van der Waals surface area contributed by atoms with Crippen LogP contribution in [0.1, 0.15) is 58.8 Å². The molecule has 4 saturated carbocycles. The van der Waals surface area contributed by atoms with E-state index >= 15 is 0 Å². The summed E-state index contributed by atoms with van der Waals surface area (Å²) in [6.07, 6.45) is 8.53. The Labute approximate surface area is 122 Å². The first kappa shape index (κ1) is 14.4. The Balaban J connectivity index is 1.80. The molecule has 0 spiro atoms. The van der Waals surface area contributed by atoms with Crippen LogP contribution >= 0.6 is 0 Å². The van der Waals surface area contributed by atoms with E-state index in [-0.39, 0.29) is 11.5 Å². The first-order valence-corrected chi connectivity index (χ1v) is 8.58. The number of nitrogens with one attached hydrogen (secondary N) is 1. The van der Waals surface area contributed by atoms with Crippen LogP contribution in [0.15, 0.2) is 0 Å². The largest absolute Gasteiger partial charge is 0.466 e. The quantitative estimate of drug-likeness (QED) is 0.759. The molecule has 4 aliphatic carbocycles. The lowest BCUT2D eigenvalue weighted by Gasteiger charge is -2.61. The third-order valence-electron chi connectivity index (χ3n) is 6.04. The molecule has 0 radical (unpaired) electrons. The summed E-state index contributed by atoms with van der Waals surface area (Å²) in [6, 6.07) is 0. The van der Waals surface area contributed by atoms with Gasteiger partial charge in [0.05, 0.1) is 13.0 Å². The Morgan fingerprint density at radius 2 is 1.70 bits per heavy atom. The third-order valence-corrected chi connectivity index (χ3v) is 6.04. The minimum Gasteiger partial charge on any atom is -0.466 e. The number of hydrogen-bond donors (Lipinski definition) is 1. The van der Waals surface area contributed by atoms with Crippen molar-refractivity contribution in [1.29, 1.82) is 0 Å². The average Bonchev–Trinajstić information content (AvgIpc) is 2.41. The molecule has 0 aromatic carbocycles. The van der Waals surface area contributed by atoms with Crippen LogP contribution in [0.4, 0.5) is 0 Å². The summed E-state index contributed by atoms with van der Waals surface area (Å²) in [5.74, 6) is 3.29. The molecule has 0 amide bonds. The van der Waals surface area contributed by atoms with Crippen LogP contribution < -0.4 is 5.32 Å². The van der Waals surface area contributed by atoms with Gasteiger partial charge >= 0.3 is 5.97 Å². The number of rotatable bonds is 6.